The maximum absolute atomic E-state index is 11.8. The van der Waals surface area contributed by atoms with Gasteiger partial charge in [-0.15, -0.1) is 0 Å². The lowest BCUT2D eigenvalue weighted by molar-refractivity contribution is -0.121. The molecule has 2 rings (SSSR count). The zero-order chi connectivity index (χ0) is 14.2. The smallest absolute Gasteiger partial charge is 0.250 e. The molecule has 1 aromatic carbocycles. The van der Waals surface area contributed by atoms with E-state index in [0.717, 1.165) is 37.3 Å². The Morgan fingerprint density at radius 1 is 1.40 bits per heavy atom. The van der Waals surface area contributed by atoms with Crippen molar-refractivity contribution in [2.75, 3.05) is 31.7 Å². The molecule has 110 valence electrons. The number of anilines is 1. The maximum Gasteiger partial charge on any atom is 0.250 e. The van der Waals surface area contributed by atoms with Crippen molar-refractivity contribution in [3.05, 3.63) is 29.8 Å². The van der Waals surface area contributed by atoms with Crippen molar-refractivity contribution < 1.29 is 14.3 Å². The predicted molar refractivity (Wildman–Crippen MR) is 77.3 cm³/mol. The number of carbonyl (C=O) groups is 1. The number of nitrogens with one attached hydrogen (secondary N) is 1. The minimum absolute atomic E-state index is 0.0875. The fourth-order valence-corrected chi connectivity index (χ4v) is 2.20. The van der Waals surface area contributed by atoms with Gasteiger partial charge in [0.2, 0.25) is 5.91 Å². The van der Waals surface area contributed by atoms with Gasteiger partial charge >= 0.3 is 0 Å². The quantitative estimate of drug-likeness (QED) is 0.827. The van der Waals surface area contributed by atoms with E-state index in [2.05, 4.69) is 5.32 Å². The van der Waals surface area contributed by atoms with Crippen molar-refractivity contribution >= 4 is 11.6 Å². The summed E-state index contributed by atoms with van der Waals surface area (Å²) in [5, 5.41) is 2.81. The van der Waals surface area contributed by atoms with Gasteiger partial charge in [-0.05, 0) is 36.5 Å². The molecular formula is C15H22N2O3. The predicted octanol–water partition coefficient (Wildman–Crippen LogP) is 1.53. The molecule has 0 spiro atoms. The first-order valence-corrected chi connectivity index (χ1v) is 7.02. The summed E-state index contributed by atoms with van der Waals surface area (Å²) in [6.07, 6.45) is 2.03. The van der Waals surface area contributed by atoms with E-state index >= 15 is 0 Å². The number of rotatable bonds is 6. The fourth-order valence-electron chi connectivity index (χ4n) is 2.20. The average Bonchev–Trinajstić information content (AvgIpc) is 2.48. The van der Waals surface area contributed by atoms with Crippen LogP contribution in [0.25, 0.3) is 0 Å². The van der Waals surface area contributed by atoms with Crippen LogP contribution < -0.4 is 11.1 Å². The summed E-state index contributed by atoms with van der Waals surface area (Å²) in [5.74, 6) is 0.378. The SMILES string of the molecule is NCc1cccc(NC(=O)COCC2CCOCC2)c1. The van der Waals surface area contributed by atoms with E-state index in [1.54, 1.807) is 0 Å². The van der Waals surface area contributed by atoms with Crippen LogP contribution in [0.4, 0.5) is 5.69 Å². The molecule has 5 heteroatoms. The molecule has 20 heavy (non-hydrogen) atoms. The Morgan fingerprint density at radius 3 is 2.95 bits per heavy atom. The van der Waals surface area contributed by atoms with E-state index in [1.807, 2.05) is 24.3 Å². The number of carbonyl (C=O) groups excluding carboxylic acids is 1. The van der Waals surface area contributed by atoms with Crippen molar-refractivity contribution in [1.29, 1.82) is 0 Å². The molecule has 1 amide bonds. The van der Waals surface area contributed by atoms with Crippen LogP contribution in [-0.2, 0) is 20.8 Å². The molecule has 3 N–H and O–H groups in total. The molecule has 0 unspecified atom stereocenters. The minimum Gasteiger partial charge on any atom is -0.381 e. The number of hydrogen-bond donors (Lipinski definition) is 2. The van der Waals surface area contributed by atoms with Crippen molar-refractivity contribution in [2.45, 2.75) is 19.4 Å². The van der Waals surface area contributed by atoms with Gasteiger partial charge in [-0.2, -0.15) is 0 Å². The molecule has 0 aromatic heterocycles. The van der Waals surface area contributed by atoms with Crippen LogP contribution in [0.15, 0.2) is 24.3 Å². The number of benzene rings is 1. The molecule has 1 heterocycles. The van der Waals surface area contributed by atoms with Crippen molar-refractivity contribution in [3.8, 4) is 0 Å². The lowest BCUT2D eigenvalue weighted by Gasteiger charge is -2.21. The topological polar surface area (TPSA) is 73.6 Å². The second-order valence-electron chi connectivity index (χ2n) is 5.02. The van der Waals surface area contributed by atoms with Crippen molar-refractivity contribution in [2.24, 2.45) is 11.7 Å². The van der Waals surface area contributed by atoms with E-state index < -0.39 is 0 Å². The van der Waals surface area contributed by atoms with E-state index in [4.69, 9.17) is 15.2 Å². The highest BCUT2D eigenvalue weighted by molar-refractivity contribution is 5.91. The Morgan fingerprint density at radius 2 is 2.20 bits per heavy atom. The van der Waals surface area contributed by atoms with Crippen LogP contribution in [0.1, 0.15) is 18.4 Å². The molecule has 0 aliphatic carbocycles. The molecule has 0 saturated carbocycles. The zero-order valence-corrected chi connectivity index (χ0v) is 11.6. The highest BCUT2D eigenvalue weighted by Gasteiger charge is 2.14. The third-order valence-corrected chi connectivity index (χ3v) is 3.37. The third kappa shape index (κ3) is 4.92. The van der Waals surface area contributed by atoms with Gasteiger partial charge in [-0.25, -0.2) is 0 Å². The van der Waals surface area contributed by atoms with E-state index in [-0.39, 0.29) is 12.5 Å². The number of hydrogen-bond acceptors (Lipinski definition) is 4. The lowest BCUT2D eigenvalue weighted by Crippen LogP contribution is -2.24. The van der Waals surface area contributed by atoms with E-state index in [9.17, 15) is 4.79 Å². The molecule has 1 aromatic rings. The summed E-state index contributed by atoms with van der Waals surface area (Å²) in [7, 11) is 0. The zero-order valence-electron chi connectivity index (χ0n) is 11.6. The van der Waals surface area contributed by atoms with E-state index in [0.29, 0.717) is 19.1 Å². The standard InChI is InChI=1S/C15H22N2O3/c16-9-13-2-1-3-14(8-13)17-15(18)11-20-10-12-4-6-19-7-5-12/h1-3,8,12H,4-7,9-11,16H2,(H,17,18). The van der Waals surface area contributed by atoms with Crippen LogP contribution in [0, 0.1) is 5.92 Å². The Balaban J connectivity index is 1.69. The number of ether oxygens (including phenoxy) is 2. The van der Waals surface area contributed by atoms with Gasteiger partial charge < -0.3 is 20.5 Å². The van der Waals surface area contributed by atoms with Crippen LogP contribution in [-0.4, -0.2) is 32.3 Å². The molecular weight excluding hydrogens is 256 g/mol. The first-order chi connectivity index (χ1) is 9.78. The maximum atomic E-state index is 11.8. The summed E-state index contributed by atoms with van der Waals surface area (Å²) in [5.41, 5.74) is 7.31. The summed E-state index contributed by atoms with van der Waals surface area (Å²) in [6.45, 7) is 2.77. The van der Waals surface area contributed by atoms with Gasteiger partial charge in [0.1, 0.15) is 6.61 Å². The Hall–Kier alpha value is -1.43. The first-order valence-electron chi connectivity index (χ1n) is 7.02. The van der Waals surface area contributed by atoms with Gasteiger partial charge in [0.25, 0.3) is 0 Å². The molecule has 0 atom stereocenters. The van der Waals surface area contributed by atoms with Gasteiger partial charge in [0.15, 0.2) is 0 Å². The summed E-state index contributed by atoms with van der Waals surface area (Å²) in [6, 6.07) is 7.52. The Bertz CT molecular complexity index is 431. The lowest BCUT2D eigenvalue weighted by atomic mass is 10.0. The second kappa shape index (κ2) is 7.99. The highest BCUT2D eigenvalue weighted by atomic mass is 16.5. The molecule has 1 aliphatic rings. The second-order valence-corrected chi connectivity index (χ2v) is 5.02. The molecule has 1 fully saturated rings. The summed E-state index contributed by atoms with van der Waals surface area (Å²) >= 11 is 0. The number of amides is 1. The molecule has 5 nitrogen and oxygen atoms in total. The van der Waals surface area contributed by atoms with Crippen LogP contribution in [0.2, 0.25) is 0 Å². The number of nitrogens with two attached hydrogens (primary N) is 1. The van der Waals surface area contributed by atoms with Gasteiger partial charge in [-0.1, -0.05) is 12.1 Å². The highest BCUT2D eigenvalue weighted by Crippen LogP contribution is 2.15. The van der Waals surface area contributed by atoms with E-state index in [1.165, 1.54) is 0 Å². The summed E-state index contributed by atoms with van der Waals surface area (Å²) < 4.78 is 10.8. The summed E-state index contributed by atoms with van der Waals surface area (Å²) in [4.78, 5) is 11.8. The minimum atomic E-state index is -0.133. The largest absolute Gasteiger partial charge is 0.381 e. The van der Waals surface area contributed by atoms with Crippen LogP contribution >= 0.6 is 0 Å². The van der Waals surface area contributed by atoms with Crippen LogP contribution in [0.5, 0.6) is 0 Å². The van der Waals surface area contributed by atoms with Gasteiger partial charge in [0.05, 0.1) is 6.61 Å². The Labute approximate surface area is 119 Å². The molecule has 0 bridgehead atoms. The molecule has 1 aliphatic heterocycles. The van der Waals surface area contributed by atoms with Crippen molar-refractivity contribution in [3.63, 3.8) is 0 Å². The van der Waals surface area contributed by atoms with Crippen molar-refractivity contribution in [1.82, 2.24) is 0 Å². The first kappa shape index (κ1) is 15.0. The average molecular weight is 278 g/mol. The van der Waals surface area contributed by atoms with Crippen LogP contribution in [0.3, 0.4) is 0 Å². The molecule has 1 saturated heterocycles. The van der Waals surface area contributed by atoms with Gasteiger partial charge in [0, 0.05) is 25.4 Å². The Kier molecular flexibility index (Phi) is 5.98. The fraction of sp³-hybridized carbons (Fsp3) is 0.533. The van der Waals surface area contributed by atoms with Gasteiger partial charge in [-0.3, -0.25) is 4.79 Å². The molecule has 0 radical (unpaired) electrons. The normalized spacial score (nSPS) is 16.1. The monoisotopic (exact) mass is 278 g/mol. The third-order valence-electron chi connectivity index (χ3n) is 3.37.